The van der Waals surface area contributed by atoms with Gasteiger partial charge in [0.25, 0.3) is 0 Å². The van der Waals surface area contributed by atoms with Gasteiger partial charge in [-0.3, -0.25) is 4.79 Å². The number of hydrogen-bond acceptors (Lipinski definition) is 6. The van der Waals surface area contributed by atoms with Crippen LogP contribution in [0.4, 0.5) is 9.93 Å². The lowest BCUT2D eigenvalue weighted by molar-refractivity contribution is -0.116. The molecule has 0 saturated carbocycles. The van der Waals surface area contributed by atoms with E-state index >= 15 is 0 Å². The Morgan fingerprint density at radius 2 is 1.88 bits per heavy atom. The first-order chi connectivity index (χ1) is 12.3. The van der Waals surface area contributed by atoms with E-state index in [1.54, 1.807) is 27.9 Å². The number of alkyl carbamates (subject to hydrolysis) is 1. The van der Waals surface area contributed by atoms with Gasteiger partial charge in [0.15, 0.2) is 5.13 Å². The van der Waals surface area contributed by atoms with Crippen LogP contribution in [0.3, 0.4) is 0 Å². The van der Waals surface area contributed by atoms with E-state index < -0.39 is 11.7 Å². The van der Waals surface area contributed by atoms with Crippen LogP contribution in [0.5, 0.6) is 5.75 Å². The first-order valence-electron chi connectivity index (χ1n) is 8.13. The minimum absolute atomic E-state index is 0.136. The van der Waals surface area contributed by atoms with Gasteiger partial charge < -0.3 is 20.1 Å². The number of aromatic nitrogens is 1. The van der Waals surface area contributed by atoms with Crippen LogP contribution in [0.15, 0.2) is 29.6 Å². The van der Waals surface area contributed by atoms with Crippen molar-refractivity contribution in [3.63, 3.8) is 0 Å². The van der Waals surface area contributed by atoms with Gasteiger partial charge in [-0.2, -0.15) is 0 Å². The van der Waals surface area contributed by atoms with E-state index in [2.05, 4.69) is 15.6 Å². The SMILES string of the molecule is COc1ccc(-c2csc(NC(=O)CCNC(=O)OC(C)(C)C)n2)cc1. The molecule has 0 aliphatic heterocycles. The van der Waals surface area contributed by atoms with E-state index in [0.29, 0.717) is 5.13 Å². The molecular weight excluding hydrogens is 354 g/mol. The highest BCUT2D eigenvalue weighted by Crippen LogP contribution is 2.26. The van der Waals surface area contributed by atoms with Crippen molar-refractivity contribution in [1.82, 2.24) is 10.3 Å². The quantitative estimate of drug-likeness (QED) is 0.802. The van der Waals surface area contributed by atoms with Crippen molar-refractivity contribution >= 4 is 28.5 Å². The zero-order valence-electron chi connectivity index (χ0n) is 15.3. The number of methoxy groups -OCH3 is 1. The standard InChI is InChI=1S/C18H23N3O4S/c1-18(2,3)25-17(23)19-10-9-15(22)21-16-20-14(11-26-16)12-5-7-13(24-4)8-6-12/h5-8,11H,9-10H2,1-4H3,(H,19,23)(H,20,21,22). The highest BCUT2D eigenvalue weighted by molar-refractivity contribution is 7.14. The highest BCUT2D eigenvalue weighted by Gasteiger charge is 2.16. The minimum atomic E-state index is -0.564. The Hall–Kier alpha value is -2.61. The molecular formula is C18H23N3O4S. The summed E-state index contributed by atoms with van der Waals surface area (Å²) in [6.45, 7) is 5.53. The lowest BCUT2D eigenvalue weighted by Crippen LogP contribution is -2.34. The van der Waals surface area contributed by atoms with E-state index in [0.717, 1.165) is 17.0 Å². The van der Waals surface area contributed by atoms with Crippen LogP contribution < -0.4 is 15.4 Å². The third-order valence-corrected chi connectivity index (χ3v) is 3.91. The van der Waals surface area contributed by atoms with Crippen molar-refractivity contribution in [2.24, 2.45) is 0 Å². The Morgan fingerprint density at radius 3 is 2.50 bits per heavy atom. The number of carbonyl (C=O) groups excluding carboxylic acids is 2. The second kappa shape index (κ2) is 8.66. The van der Waals surface area contributed by atoms with Crippen LogP contribution >= 0.6 is 11.3 Å². The fourth-order valence-electron chi connectivity index (χ4n) is 2.00. The summed E-state index contributed by atoms with van der Waals surface area (Å²) in [4.78, 5) is 27.9. The first kappa shape index (κ1) is 19.7. The molecule has 0 aliphatic rings. The molecule has 0 radical (unpaired) electrons. The Morgan fingerprint density at radius 1 is 1.19 bits per heavy atom. The van der Waals surface area contributed by atoms with Crippen LogP contribution in [0.25, 0.3) is 11.3 Å². The molecule has 2 aromatic rings. The summed E-state index contributed by atoms with van der Waals surface area (Å²) >= 11 is 1.34. The summed E-state index contributed by atoms with van der Waals surface area (Å²) in [6, 6.07) is 7.53. The van der Waals surface area contributed by atoms with Gasteiger partial charge in [0.2, 0.25) is 5.91 Å². The van der Waals surface area contributed by atoms with Crippen LogP contribution in [0.1, 0.15) is 27.2 Å². The topological polar surface area (TPSA) is 89.6 Å². The summed E-state index contributed by atoms with van der Waals surface area (Å²) in [5, 5.41) is 7.66. The Balaban J connectivity index is 1.81. The van der Waals surface area contributed by atoms with Crippen LogP contribution in [0, 0.1) is 0 Å². The Labute approximate surface area is 156 Å². The maximum atomic E-state index is 12.0. The van der Waals surface area contributed by atoms with Crippen molar-refractivity contribution in [3.05, 3.63) is 29.6 Å². The Kier molecular flexibility index (Phi) is 6.57. The predicted molar refractivity (Wildman–Crippen MR) is 102 cm³/mol. The molecule has 0 aliphatic carbocycles. The average molecular weight is 377 g/mol. The van der Waals surface area contributed by atoms with Gasteiger partial charge in [0, 0.05) is 23.9 Å². The Bertz CT molecular complexity index is 751. The van der Waals surface area contributed by atoms with Gasteiger partial charge in [-0.05, 0) is 45.0 Å². The van der Waals surface area contributed by atoms with E-state index in [-0.39, 0.29) is 18.9 Å². The fourth-order valence-corrected chi connectivity index (χ4v) is 2.74. The first-order valence-corrected chi connectivity index (χ1v) is 9.01. The van der Waals surface area contributed by atoms with E-state index in [1.165, 1.54) is 11.3 Å². The van der Waals surface area contributed by atoms with Gasteiger partial charge >= 0.3 is 6.09 Å². The molecule has 8 heteroatoms. The lowest BCUT2D eigenvalue weighted by atomic mass is 10.2. The number of hydrogen-bond donors (Lipinski definition) is 2. The van der Waals surface area contributed by atoms with Crippen molar-refractivity contribution in [2.75, 3.05) is 19.0 Å². The fraction of sp³-hybridized carbons (Fsp3) is 0.389. The molecule has 0 spiro atoms. The van der Waals surface area contributed by atoms with Crippen molar-refractivity contribution in [3.8, 4) is 17.0 Å². The monoisotopic (exact) mass is 377 g/mol. The number of amides is 2. The van der Waals surface area contributed by atoms with Crippen molar-refractivity contribution in [2.45, 2.75) is 32.8 Å². The third kappa shape index (κ3) is 6.36. The van der Waals surface area contributed by atoms with Crippen LogP contribution in [-0.2, 0) is 9.53 Å². The van der Waals surface area contributed by atoms with Gasteiger partial charge in [-0.25, -0.2) is 9.78 Å². The number of nitrogens with one attached hydrogen (secondary N) is 2. The number of carbonyl (C=O) groups is 2. The van der Waals surface area contributed by atoms with Gasteiger partial charge in [0.05, 0.1) is 12.8 Å². The lowest BCUT2D eigenvalue weighted by Gasteiger charge is -2.19. The zero-order valence-corrected chi connectivity index (χ0v) is 16.1. The largest absolute Gasteiger partial charge is 0.497 e. The molecule has 140 valence electrons. The van der Waals surface area contributed by atoms with Crippen LogP contribution in [0.2, 0.25) is 0 Å². The molecule has 7 nitrogen and oxygen atoms in total. The molecule has 0 unspecified atom stereocenters. The molecule has 0 saturated heterocycles. The molecule has 2 amide bonds. The second-order valence-corrected chi connectivity index (χ2v) is 7.35. The van der Waals surface area contributed by atoms with Gasteiger partial charge in [-0.15, -0.1) is 11.3 Å². The smallest absolute Gasteiger partial charge is 0.407 e. The summed E-state index contributed by atoms with van der Waals surface area (Å²) in [7, 11) is 1.61. The number of ether oxygens (including phenoxy) is 2. The normalized spacial score (nSPS) is 10.9. The summed E-state index contributed by atoms with van der Waals surface area (Å²) < 4.78 is 10.2. The highest BCUT2D eigenvalue weighted by atomic mass is 32.1. The molecule has 1 heterocycles. The predicted octanol–water partition coefficient (Wildman–Crippen LogP) is 3.67. The third-order valence-electron chi connectivity index (χ3n) is 3.16. The number of thiazole rings is 1. The van der Waals surface area contributed by atoms with E-state index in [1.807, 2.05) is 29.6 Å². The molecule has 1 aromatic heterocycles. The minimum Gasteiger partial charge on any atom is -0.497 e. The average Bonchev–Trinajstić information content (AvgIpc) is 3.01. The van der Waals surface area contributed by atoms with Gasteiger partial charge in [-0.1, -0.05) is 0 Å². The molecule has 2 rings (SSSR count). The van der Waals surface area contributed by atoms with Crippen molar-refractivity contribution < 1.29 is 19.1 Å². The van der Waals surface area contributed by atoms with Gasteiger partial charge in [0.1, 0.15) is 11.4 Å². The van der Waals surface area contributed by atoms with Crippen molar-refractivity contribution in [1.29, 1.82) is 0 Å². The van der Waals surface area contributed by atoms with Crippen LogP contribution in [-0.4, -0.2) is 36.2 Å². The number of anilines is 1. The summed E-state index contributed by atoms with van der Waals surface area (Å²) in [5.74, 6) is 0.548. The molecule has 2 N–H and O–H groups in total. The zero-order chi connectivity index (χ0) is 19.2. The number of nitrogens with zero attached hydrogens (tertiary/aromatic N) is 1. The summed E-state index contributed by atoms with van der Waals surface area (Å²) in [5.41, 5.74) is 1.15. The molecule has 0 atom stereocenters. The number of rotatable bonds is 6. The molecule has 0 fully saturated rings. The van der Waals surface area contributed by atoms with E-state index in [9.17, 15) is 9.59 Å². The summed E-state index contributed by atoms with van der Waals surface area (Å²) in [6.07, 6.45) is -0.405. The molecule has 26 heavy (non-hydrogen) atoms. The molecule has 0 bridgehead atoms. The molecule has 1 aromatic carbocycles. The van der Waals surface area contributed by atoms with E-state index in [4.69, 9.17) is 9.47 Å². The number of benzene rings is 1. The maximum Gasteiger partial charge on any atom is 0.407 e. The second-order valence-electron chi connectivity index (χ2n) is 6.49. The maximum absolute atomic E-state index is 12.0.